The highest BCUT2D eigenvalue weighted by molar-refractivity contribution is 6.01. The molecule has 3 rings (SSSR count). The fourth-order valence-corrected chi connectivity index (χ4v) is 3.12. The standard InChI is InChI=1S/C16H20N2O3/c1-10-5-7-18(8-6-10)16(21)12-9-11-13(17-15(12)20)3-2-4-14(11)19/h9-10H,2-8H2,1H3,(H,17,20). The van der Waals surface area contributed by atoms with Gasteiger partial charge < -0.3 is 9.88 Å². The summed E-state index contributed by atoms with van der Waals surface area (Å²) >= 11 is 0. The van der Waals surface area contributed by atoms with Gasteiger partial charge in [0, 0.05) is 30.8 Å². The number of nitrogens with zero attached hydrogens (tertiary/aromatic N) is 1. The van der Waals surface area contributed by atoms with E-state index in [0.717, 1.165) is 19.3 Å². The molecule has 1 aliphatic carbocycles. The molecule has 112 valence electrons. The van der Waals surface area contributed by atoms with Gasteiger partial charge in [0.15, 0.2) is 5.78 Å². The number of ketones is 1. The van der Waals surface area contributed by atoms with E-state index in [1.54, 1.807) is 4.90 Å². The van der Waals surface area contributed by atoms with Crippen molar-refractivity contribution in [2.24, 2.45) is 5.92 Å². The lowest BCUT2D eigenvalue weighted by atomic mass is 9.93. The highest BCUT2D eigenvalue weighted by Crippen LogP contribution is 2.21. The molecule has 1 aliphatic heterocycles. The number of carbonyl (C=O) groups excluding carboxylic acids is 2. The van der Waals surface area contributed by atoms with Gasteiger partial charge in [0.05, 0.1) is 0 Å². The minimum atomic E-state index is -0.368. The quantitative estimate of drug-likeness (QED) is 0.856. The summed E-state index contributed by atoms with van der Waals surface area (Å²) in [5.74, 6) is 0.399. The molecule has 1 fully saturated rings. The number of likely N-dealkylation sites (tertiary alicyclic amines) is 1. The van der Waals surface area contributed by atoms with Crippen LogP contribution in [0, 0.1) is 5.92 Å². The van der Waals surface area contributed by atoms with Gasteiger partial charge in [-0.2, -0.15) is 0 Å². The Hall–Kier alpha value is -1.91. The Balaban J connectivity index is 1.91. The van der Waals surface area contributed by atoms with Crippen molar-refractivity contribution in [3.8, 4) is 0 Å². The number of nitrogens with one attached hydrogen (secondary N) is 1. The average Bonchev–Trinajstić information content (AvgIpc) is 2.47. The third kappa shape index (κ3) is 2.64. The molecule has 0 atom stereocenters. The lowest BCUT2D eigenvalue weighted by Crippen LogP contribution is -2.40. The summed E-state index contributed by atoms with van der Waals surface area (Å²) in [6, 6.07) is 1.51. The Morgan fingerprint density at radius 2 is 1.95 bits per heavy atom. The Kier molecular flexibility index (Phi) is 3.66. The minimum absolute atomic E-state index is 0.0221. The van der Waals surface area contributed by atoms with Crippen LogP contribution in [0.1, 0.15) is 59.0 Å². The number of fused-ring (bicyclic) bond motifs is 1. The van der Waals surface area contributed by atoms with Crippen LogP contribution in [-0.4, -0.2) is 34.7 Å². The lowest BCUT2D eigenvalue weighted by Gasteiger charge is -2.30. The first-order valence-corrected chi connectivity index (χ1v) is 7.65. The average molecular weight is 288 g/mol. The molecule has 2 aliphatic rings. The molecular formula is C16H20N2O3. The fourth-order valence-electron chi connectivity index (χ4n) is 3.12. The topological polar surface area (TPSA) is 70.2 Å². The predicted octanol–water partition coefficient (Wildman–Crippen LogP) is 1.77. The molecule has 0 unspecified atom stereocenters. The molecular weight excluding hydrogens is 268 g/mol. The van der Waals surface area contributed by atoms with E-state index in [-0.39, 0.29) is 22.8 Å². The Morgan fingerprint density at radius 1 is 1.24 bits per heavy atom. The molecule has 5 heteroatoms. The molecule has 2 heterocycles. The van der Waals surface area contributed by atoms with Crippen molar-refractivity contribution in [2.45, 2.75) is 39.0 Å². The smallest absolute Gasteiger partial charge is 0.261 e. The first-order valence-electron chi connectivity index (χ1n) is 7.65. The molecule has 1 N–H and O–H groups in total. The summed E-state index contributed by atoms with van der Waals surface area (Å²) in [6.45, 7) is 3.54. The Morgan fingerprint density at radius 3 is 2.67 bits per heavy atom. The van der Waals surface area contributed by atoms with E-state index in [1.165, 1.54) is 6.07 Å². The van der Waals surface area contributed by atoms with Gasteiger partial charge in [0.1, 0.15) is 5.56 Å². The number of aromatic amines is 1. The van der Waals surface area contributed by atoms with E-state index < -0.39 is 0 Å². The van der Waals surface area contributed by atoms with Crippen molar-refractivity contribution in [1.82, 2.24) is 9.88 Å². The zero-order chi connectivity index (χ0) is 15.0. The summed E-state index contributed by atoms with van der Waals surface area (Å²) in [5, 5.41) is 0. The van der Waals surface area contributed by atoms with Gasteiger partial charge in [-0.3, -0.25) is 14.4 Å². The van der Waals surface area contributed by atoms with Crippen LogP contribution < -0.4 is 5.56 Å². The van der Waals surface area contributed by atoms with Crippen LogP contribution >= 0.6 is 0 Å². The van der Waals surface area contributed by atoms with E-state index in [9.17, 15) is 14.4 Å². The predicted molar refractivity (Wildman–Crippen MR) is 78.6 cm³/mol. The molecule has 21 heavy (non-hydrogen) atoms. The van der Waals surface area contributed by atoms with E-state index in [1.807, 2.05) is 0 Å². The highest BCUT2D eigenvalue weighted by Gasteiger charge is 2.26. The molecule has 1 aromatic rings. The number of carbonyl (C=O) groups is 2. The van der Waals surface area contributed by atoms with Crippen LogP contribution in [0.5, 0.6) is 0 Å². The van der Waals surface area contributed by atoms with Gasteiger partial charge in [0.2, 0.25) is 0 Å². The highest BCUT2D eigenvalue weighted by atomic mass is 16.2. The van der Waals surface area contributed by atoms with Crippen molar-refractivity contribution >= 4 is 11.7 Å². The van der Waals surface area contributed by atoms with E-state index >= 15 is 0 Å². The van der Waals surface area contributed by atoms with Gasteiger partial charge in [-0.05, 0) is 37.7 Å². The van der Waals surface area contributed by atoms with Gasteiger partial charge in [-0.15, -0.1) is 0 Å². The van der Waals surface area contributed by atoms with E-state index in [0.29, 0.717) is 43.1 Å². The molecule has 1 amide bonds. The summed E-state index contributed by atoms with van der Waals surface area (Å²) in [4.78, 5) is 41.0. The van der Waals surface area contributed by atoms with Gasteiger partial charge in [0.25, 0.3) is 11.5 Å². The van der Waals surface area contributed by atoms with Crippen LogP contribution in [0.15, 0.2) is 10.9 Å². The maximum absolute atomic E-state index is 12.5. The van der Waals surface area contributed by atoms with Crippen LogP contribution in [0.2, 0.25) is 0 Å². The zero-order valence-electron chi connectivity index (χ0n) is 12.3. The maximum atomic E-state index is 12.5. The van der Waals surface area contributed by atoms with Crippen LogP contribution in [0.4, 0.5) is 0 Å². The second-order valence-electron chi connectivity index (χ2n) is 6.16. The summed E-state index contributed by atoms with van der Waals surface area (Å²) in [6.07, 6.45) is 3.89. The largest absolute Gasteiger partial charge is 0.338 e. The van der Waals surface area contributed by atoms with Gasteiger partial charge >= 0.3 is 0 Å². The first kappa shape index (κ1) is 14.0. The number of hydrogen-bond acceptors (Lipinski definition) is 3. The number of hydrogen-bond donors (Lipinski definition) is 1. The number of H-pyrrole nitrogens is 1. The van der Waals surface area contributed by atoms with E-state index in [2.05, 4.69) is 11.9 Å². The number of amides is 1. The third-order valence-electron chi connectivity index (χ3n) is 4.56. The van der Waals surface area contributed by atoms with Crippen LogP contribution in [-0.2, 0) is 6.42 Å². The summed E-state index contributed by atoms with van der Waals surface area (Å²) < 4.78 is 0. The molecule has 5 nitrogen and oxygen atoms in total. The fraction of sp³-hybridized carbons (Fsp3) is 0.562. The number of aromatic nitrogens is 1. The molecule has 0 saturated carbocycles. The van der Waals surface area contributed by atoms with Crippen LogP contribution in [0.25, 0.3) is 0 Å². The normalized spacial score (nSPS) is 19.5. The van der Waals surface area contributed by atoms with Crippen molar-refractivity contribution in [2.75, 3.05) is 13.1 Å². The van der Waals surface area contributed by atoms with Crippen molar-refractivity contribution in [3.05, 3.63) is 33.2 Å². The Labute approximate surface area is 123 Å². The van der Waals surface area contributed by atoms with Gasteiger partial charge in [-0.1, -0.05) is 6.92 Å². The number of Topliss-reactive ketones (excluding diaryl/α,β-unsaturated/α-hetero) is 1. The zero-order valence-corrected chi connectivity index (χ0v) is 12.3. The Bertz CT molecular complexity index is 639. The summed E-state index contributed by atoms with van der Waals surface area (Å²) in [7, 11) is 0. The van der Waals surface area contributed by atoms with E-state index in [4.69, 9.17) is 0 Å². The molecule has 1 aromatic heterocycles. The van der Waals surface area contributed by atoms with Crippen molar-refractivity contribution in [3.63, 3.8) is 0 Å². The number of aryl methyl sites for hydroxylation is 1. The minimum Gasteiger partial charge on any atom is -0.338 e. The molecule has 0 spiro atoms. The number of piperidine rings is 1. The maximum Gasteiger partial charge on any atom is 0.261 e. The molecule has 0 aromatic carbocycles. The second kappa shape index (κ2) is 5.47. The lowest BCUT2D eigenvalue weighted by molar-refractivity contribution is 0.0695. The second-order valence-corrected chi connectivity index (χ2v) is 6.16. The van der Waals surface area contributed by atoms with Gasteiger partial charge in [-0.25, -0.2) is 0 Å². The number of rotatable bonds is 1. The molecule has 1 saturated heterocycles. The summed E-state index contributed by atoms with van der Waals surface area (Å²) in [5.41, 5.74) is 0.945. The first-order chi connectivity index (χ1) is 10.1. The molecule has 0 radical (unpaired) electrons. The van der Waals surface area contributed by atoms with Crippen molar-refractivity contribution in [1.29, 1.82) is 0 Å². The van der Waals surface area contributed by atoms with Crippen LogP contribution in [0.3, 0.4) is 0 Å². The third-order valence-corrected chi connectivity index (χ3v) is 4.56. The number of pyridine rings is 1. The van der Waals surface area contributed by atoms with Crippen molar-refractivity contribution < 1.29 is 9.59 Å². The molecule has 0 bridgehead atoms. The monoisotopic (exact) mass is 288 g/mol. The SMILES string of the molecule is CC1CCN(C(=O)c2cc3c([nH]c2=O)CCCC3=O)CC1.